The Morgan fingerprint density at radius 1 is 1.42 bits per heavy atom. The number of nitrogens with zero attached hydrogens (tertiary/aromatic N) is 2. The first-order valence-electron chi connectivity index (χ1n) is 6.92. The number of anilines is 2. The van der Waals surface area contributed by atoms with Gasteiger partial charge in [-0.3, -0.25) is 9.69 Å². The average Bonchev–Trinajstić information content (AvgIpc) is 2.38. The molecular formula is C15H23N3O. The zero-order chi connectivity index (χ0) is 14.0. The normalized spacial score (nSPS) is 20.6. The van der Waals surface area contributed by atoms with Crippen LogP contribution in [-0.2, 0) is 0 Å². The van der Waals surface area contributed by atoms with E-state index in [9.17, 15) is 4.79 Å². The highest BCUT2D eigenvalue weighted by molar-refractivity contribution is 6.00. The van der Waals surface area contributed by atoms with Gasteiger partial charge in [0, 0.05) is 42.6 Å². The smallest absolute Gasteiger partial charge is 0.161 e. The second-order valence-corrected chi connectivity index (χ2v) is 5.25. The summed E-state index contributed by atoms with van der Waals surface area (Å²) in [5, 5.41) is 0. The highest BCUT2D eigenvalue weighted by atomic mass is 16.1. The Bertz CT molecular complexity index is 472. The predicted molar refractivity (Wildman–Crippen MR) is 79.8 cm³/mol. The molecule has 0 spiro atoms. The molecule has 104 valence electrons. The molecule has 0 aromatic heterocycles. The molecule has 4 nitrogen and oxygen atoms in total. The Morgan fingerprint density at radius 2 is 2.16 bits per heavy atom. The van der Waals surface area contributed by atoms with Crippen molar-refractivity contribution in [1.82, 2.24) is 4.90 Å². The maximum atomic E-state index is 11.6. The first kappa shape index (κ1) is 13.9. The summed E-state index contributed by atoms with van der Waals surface area (Å²) in [6.45, 7) is 10.2. The van der Waals surface area contributed by atoms with Crippen molar-refractivity contribution >= 4 is 17.2 Å². The molecule has 0 bridgehead atoms. The van der Waals surface area contributed by atoms with Gasteiger partial charge in [0.05, 0.1) is 0 Å². The molecule has 1 heterocycles. The van der Waals surface area contributed by atoms with E-state index >= 15 is 0 Å². The Morgan fingerprint density at radius 3 is 2.74 bits per heavy atom. The quantitative estimate of drug-likeness (QED) is 0.668. The van der Waals surface area contributed by atoms with Crippen molar-refractivity contribution in [2.24, 2.45) is 0 Å². The standard InChI is InChI=1S/C15H23N3O/c1-4-17-7-8-18(10-11(17)2)13-5-6-15(16)14(9-13)12(3)19/h5-6,9,11H,4,7-8,10,16H2,1-3H3. The molecule has 0 aliphatic carbocycles. The molecule has 1 aliphatic heterocycles. The molecule has 2 rings (SSSR count). The van der Waals surface area contributed by atoms with Crippen molar-refractivity contribution in [3.63, 3.8) is 0 Å². The van der Waals surface area contributed by atoms with Gasteiger partial charge in [-0.2, -0.15) is 0 Å². The predicted octanol–water partition coefficient (Wildman–Crippen LogP) is 2.00. The number of Topliss-reactive ketones (excluding diaryl/α,β-unsaturated/α-hetero) is 1. The van der Waals surface area contributed by atoms with Crippen LogP contribution in [0.4, 0.5) is 11.4 Å². The molecular weight excluding hydrogens is 238 g/mol. The summed E-state index contributed by atoms with van der Waals surface area (Å²) in [6, 6.07) is 6.31. The van der Waals surface area contributed by atoms with Crippen molar-refractivity contribution in [1.29, 1.82) is 0 Å². The fourth-order valence-electron chi connectivity index (χ4n) is 2.75. The fourth-order valence-corrected chi connectivity index (χ4v) is 2.75. The van der Waals surface area contributed by atoms with E-state index in [4.69, 9.17) is 5.73 Å². The molecule has 1 aromatic rings. The van der Waals surface area contributed by atoms with Crippen LogP contribution in [0.1, 0.15) is 31.1 Å². The van der Waals surface area contributed by atoms with Gasteiger partial charge in [0.2, 0.25) is 0 Å². The van der Waals surface area contributed by atoms with E-state index in [1.807, 2.05) is 18.2 Å². The molecule has 4 heteroatoms. The number of likely N-dealkylation sites (N-methyl/N-ethyl adjacent to an activating group) is 1. The number of hydrogen-bond acceptors (Lipinski definition) is 4. The number of nitrogen functional groups attached to an aromatic ring is 1. The number of carbonyl (C=O) groups is 1. The van der Waals surface area contributed by atoms with Gasteiger partial charge in [-0.1, -0.05) is 6.92 Å². The van der Waals surface area contributed by atoms with E-state index in [1.165, 1.54) is 0 Å². The fraction of sp³-hybridized carbons (Fsp3) is 0.533. The third-order valence-corrected chi connectivity index (χ3v) is 3.95. The lowest BCUT2D eigenvalue weighted by Crippen LogP contribution is -2.51. The number of ketones is 1. The molecule has 19 heavy (non-hydrogen) atoms. The van der Waals surface area contributed by atoms with Crippen LogP contribution < -0.4 is 10.6 Å². The number of nitrogens with two attached hydrogens (primary N) is 1. The zero-order valence-electron chi connectivity index (χ0n) is 12.0. The van der Waals surface area contributed by atoms with Crippen LogP contribution in [-0.4, -0.2) is 42.9 Å². The topological polar surface area (TPSA) is 49.6 Å². The third-order valence-electron chi connectivity index (χ3n) is 3.95. The molecule has 2 N–H and O–H groups in total. The van der Waals surface area contributed by atoms with Crippen molar-refractivity contribution in [2.45, 2.75) is 26.8 Å². The van der Waals surface area contributed by atoms with E-state index in [0.717, 1.165) is 31.9 Å². The van der Waals surface area contributed by atoms with Crippen LogP contribution in [0.25, 0.3) is 0 Å². The number of piperazine rings is 1. The molecule has 0 amide bonds. The summed E-state index contributed by atoms with van der Waals surface area (Å²) in [5.41, 5.74) is 8.14. The van der Waals surface area contributed by atoms with Crippen LogP contribution in [0, 0.1) is 0 Å². The first-order valence-corrected chi connectivity index (χ1v) is 6.92. The van der Waals surface area contributed by atoms with Gasteiger partial charge in [0.1, 0.15) is 0 Å². The minimum absolute atomic E-state index is 0.0274. The highest BCUT2D eigenvalue weighted by Crippen LogP contribution is 2.24. The van der Waals surface area contributed by atoms with Gasteiger partial charge in [-0.05, 0) is 38.6 Å². The van der Waals surface area contributed by atoms with Gasteiger partial charge in [-0.25, -0.2) is 0 Å². The Balaban J connectivity index is 2.19. The minimum Gasteiger partial charge on any atom is -0.398 e. The summed E-state index contributed by atoms with van der Waals surface area (Å²) in [4.78, 5) is 16.4. The maximum absolute atomic E-state index is 11.6. The van der Waals surface area contributed by atoms with Gasteiger partial charge < -0.3 is 10.6 Å². The monoisotopic (exact) mass is 261 g/mol. The number of benzene rings is 1. The van der Waals surface area contributed by atoms with Crippen LogP contribution in [0.5, 0.6) is 0 Å². The van der Waals surface area contributed by atoms with Crippen LogP contribution in [0.3, 0.4) is 0 Å². The molecule has 1 aromatic carbocycles. The molecule has 1 saturated heterocycles. The Kier molecular flexibility index (Phi) is 4.10. The summed E-state index contributed by atoms with van der Waals surface area (Å²) in [5.74, 6) is 0.0274. The van der Waals surface area contributed by atoms with Crippen molar-refractivity contribution < 1.29 is 4.79 Å². The number of rotatable bonds is 3. The van der Waals surface area contributed by atoms with Crippen LogP contribution >= 0.6 is 0 Å². The Hall–Kier alpha value is -1.55. The first-order chi connectivity index (χ1) is 9.02. The molecule has 0 radical (unpaired) electrons. The maximum Gasteiger partial charge on any atom is 0.161 e. The van der Waals surface area contributed by atoms with Crippen LogP contribution in [0.2, 0.25) is 0 Å². The SMILES string of the molecule is CCN1CCN(c2ccc(N)c(C(C)=O)c2)CC1C. The van der Waals surface area contributed by atoms with Crippen LogP contribution in [0.15, 0.2) is 18.2 Å². The average molecular weight is 261 g/mol. The molecule has 1 aliphatic rings. The minimum atomic E-state index is 0.0274. The number of hydrogen-bond donors (Lipinski definition) is 1. The highest BCUT2D eigenvalue weighted by Gasteiger charge is 2.23. The van der Waals surface area contributed by atoms with Gasteiger partial charge >= 0.3 is 0 Å². The second-order valence-electron chi connectivity index (χ2n) is 5.25. The lowest BCUT2D eigenvalue weighted by molar-refractivity contribution is 0.101. The third kappa shape index (κ3) is 2.89. The van der Waals surface area contributed by atoms with Gasteiger partial charge in [0.15, 0.2) is 5.78 Å². The number of carbonyl (C=O) groups excluding carboxylic acids is 1. The van der Waals surface area contributed by atoms with Crippen molar-refractivity contribution in [3.05, 3.63) is 23.8 Å². The summed E-state index contributed by atoms with van der Waals surface area (Å²) >= 11 is 0. The van der Waals surface area contributed by atoms with E-state index in [-0.39, 0.29) is 5.78 Å². The van der Waals surface area contributed by atoms with Gasteiger partial charge in [0.25, 0.3) is 0 Å². The lowest BCUT2D eigenvalue weighted by Gasteiger charge is -2.40. The Labute approximate surface area is 115 Å². The summed E-state index contributed by atoms with van der Waals surface area (Å²) in [7, 11) is 0. The second kappa shape index (κ2) is 5.61. The molecule has 1 fully saturated rings. The molecule has 1 unspecified atom stereocenters. The zero-order valence-corrected chi connectivity index (χ0v) is 12.0. The largest absolute Gasteiger partial charge is 0.398 e. The van der Waals surface area contributed by atoms with E-state index < -0.39 is 0 Å². The molecule has 1 atom stereocenters. The lowest BCUT2D eigenvalue weighted by atomic mass is 10.1. The summed E-state index contributed by atoms with van der Waals surface area (Å²) < 4.78 is 0. The van der Waals surface area contributed by atoms with E-state index in [0.29, 0.717) is 17.3 Å². The van der Waals surface area contributed by atoms with E-state index in [2.05, 4.69) is 23.6 Å². The van der Waals surface area contributed by atoms with Crippen molar-refractivity contribution in [3.8, 4) is 0 Å². The van der Waals surface area contributed by atoms with Gasteiger partial charge in [-0.15, -0.1) is 0 Å². The summed E-state index contributed by atoms with van der Waals surface area (Å²) in [6.07, 6.45) is 0. The van der Waals surface area contributed by atoms with Crippen molar-refractivity contribution in [2.75, 3.05) is 36.8 Å². The van der Waals surface area contributed by atoms with E-state index in [1.54, 1.807) is 6.92 Å². The molecule has 0 saturated carbocycles.